The highest BCUT2D eigenvalue weighted by atomic mass is 19.2. The number of quaternary nitrogens is 1. The molecule has 0 aromatic heterocycles. The monoisotopic (exact) mass is 357 g/mol. The van der Waals surface area contributed by atoms with Gasteiger partial charge in [0, 0.05) is 23.9 Å². The molecule has 0 aromatic rings. The second-order valence-electron chi connectivity index (χ2n) is 9.12. The van der Waals surface area contributed by atoms with Crippen molar-refractivity contribution in [2.75, 3.05) is 20.1 Å². The molecule has 0 saturated heterocycles. The van der Waals surface area contributed by atoms with E-state index in [4.69, 9.17) is 0 Å². The first-order valence-corrected chi connectivity index (χ1v) is 10.3. The molecule has 0 radical (unpaired) electrons. The molecule has 0 aromatic carbocycles. The van der Waals surface area contributed by atoms with Crippen LogP contribution in [0, 0.1) is 23.2 Å². The van der Waals surface area contributed by atoms with Crippen molar-refractivity contribution >= 4 is 0 Å². The number of rotatable bonds is 12. The number of hydrogen-bond acceptors (Lipinski definition) is 1. The van der Waals surface area contributed by atoms with Gasteiger partial charge in [-0.3, -0.25) is 0 Å². The molecule has 0 spiro atoms. The third-order valence-electron chi connectivity index (χ3n) is 6.78. The van der Waals surface area contributed by atoms with E-state index in [1.165, 1.54) is 6.42 Å². The van der Waals surface area contributed by atoms with Crippen LogP contribution in [0.5, 0.6) is 0 Å². The van der Waals surface area contributed by atoms with Crippen LogP contribution in [0.4, 0.5) is 4.48 Å². The van der Waals surface area contributed by atoms with Crippen LogP contribution in [0.2, 0.25) is 0 Å². The Balaban J connectivity index is 5.05. The molecule has 0 aliphatic carbocycles. The first kappa shape index (κ1) is 24.6. The lowest BCUT2D eigenvalue weighted by Crippen LogP contribution is -2.42. The third kappa shape index (κ3) is 7.78. The normalized spacial score (nSPS) is 19.6. The molecule has 0 bridgehead atoms. The van der Waals surface area contributed by atoms with Gasteiger partial charge in [0.15, 0.2) is 0 Å². The molecule has 1 N–H and O–H groups in total. The molecule has 4 atom stereocenters. The minimum absolute atomic E-state index is 0.243. The Morgan fingerprint density at radius 2 is 1.76 bits per heavy atom. The number of nitrogens with one attached hydrogen (secondary N) is 1. The highest BCUT2D eigenvalue weighted by Gasteiger charge is 2.37. The number of nitrogens with zero attached hydrogens (tertiary/aromatic N) is 1. The van der Waals surface area contributed by atoms with Gasteiger partial charge in [-0.15, -0.1) is 4.71 Å². The third-order valence-corrected chi connectivity index (χ3v) is 6.78. The van der Waals surface area contributed by atoms with E-state index in [1.54, 1.807) is 7.05 Å². The van der Waals surface area contributed by atoms with E-state index in [0.29, 0.717) is 30.3 Å². The van der Waals surface area contributed by atoms with E-state index in [1.807, 2.05) is 19.9 Å². The van der Waals surface area contributed by atoms with Gasteiger partial charge in [0.05, 0.1) is 0 Å². The van der Waals surface area contributed by atoms with E-state index in [0.717, 1.165) is 25.1 Å². The summed E-state index contributed by atoms with van der Waals surface area (Å²) in [6.07, 6.45) is 5.09. The largest absolute Gasteiger partial charge is 0.314 e. The quantitative estimate of drug-likeness (QED) is 0.402. The highest BCUT2D eigenvalue weighted by Crippen LogP contribution is 2.42. The van der Waals surface area contributed by atoms with Crippen molar-refractivity contribution in [3.63, 3.8) is 0 Å². The van der Waals surface area contributed by atoms with E-state index in [2.05, 4.69) is 53.8 Å². The van der Waals surface area contributed by atoms with Crippen LogP contribution in [0.15, 0.2) is 11.8 Å². The molecule has 25 heavy (non-hydrogen) atoms. The molecule has 2 nitrogen and oxygen atoms in total. The van der Waals surface area contributed by atoms with Crippen molar-refractivity contribution in [3.05, 3.63) is 11.8 Å². The zero-order chi connectivity index (χ0) is 19.8. The van der Waals surface area contributed by atoms with Gasteiger partial charge < -0.3 is 5.32 Å². The van der Waals surface area contributed by atoms with E-state index in [9.17, 15) is 4.48 Å². The van der Waals surface area contributed by atoms with Gasteiger partial charge in [-0.05, 0) is 49.1 Å². The maximum atomic E-state index is 14.7. The van der Waals surface area contributed by atoms with Crippen LogP contribution in [0.25, 0.3) is 0 Å². The molecule has 3 heteroatoms. The molecule has 0 aliphatic heterocycles. The van der Waals surface area contributed by atoms with Gasteiger partial charge in [0.2, 0.25) is 0 Å². The lowest BCUT2D eigenvalue weighted by molar-refractivity contribution is -1.01. The van der Waals surface area contributed by atoms with Gasteiger partial charge in [-0.25, -0.2) is 0 Å². The molecule has 150 valence electrons. The smallest absolute Gasteiger partial charge is 0.139 e. The van der Waals surface area contributed by atoms with Crippen LogP contribution in [-0.4, -0.2) is 30.9 Å². The Morgan fingerprint density at radius 3 is 2.20 bits per heavy atom. The van der Waals surface area contributed by atoms with E-state index in [-0.39, 0.29) is 5.41 Å². The topological polar surface area (TPSA) is 12.0 Å². The van der Waals surface area contributed by atoms with Crippen molar-refractivity contribution < 1.29 is 9.19 Å². The first-order chi connectivity index (χ1) is 11.4. The van der Waals surface area contributed by atoms with Crippen molar-refractivity contribution in [1.82, 2.24) is 5.32 Å². The molecule has 0 amide bonds. The Bertz CT molecular complexity index is 399. The summed E-state index contributed by atoms with van der Waals surface area (Å²) in [6.45, 7) is 21.6. The summed E-state index contributed by atoms with van der Waals surface area (Å²) in [4.78, 5) is 0. The highest BCUT2D eigenvalue weighted by molar-refractivity contribution is 4.87. The van der Waals surface area contributed by atoms with Crippen LogP contribution in [0.1, 0.15) is 81.6 Å². The Labute approximate surface area is 157 Å². The molecule has 0 saturated carbocycles. The predicted octanol–water partition coefficient (Wildman–Crippen LogP) is 6.34. The van der Waals surface area contributed by atoms with Crippen molar-refractivity contribution in [3.8, 4) is 0 Å². The van der Waals surface area contributed by atoms with Crippen LogP contribution in [-0.2, 0) is 0 Å². The summed E-state index contributed by atoms with van der Waals surface area (Å²) in [5.41, 5.74) is 1.04. The average molecular weight is 358 g/mol. The minimum atomic E-state index is -0.484. The Morgan fingerprint density at radius 1 is 1.20 bits per heavy atom. The molecular formula is C22H46FN2+. The van der Waals surface area contributed by atoms with Gasteiger partial charge in [-0.1, -0.05) is 54.9 Å². The summed E-state index contributed by atoms with van der Waals surface area (Å²) in [6, 6.07) is 0.490. The average Bonchev–Trinajstić information content (AvgIpc) is 2.54. The fourth-order valence-corrected chi connectivity index (χ4v) is 3.65. The van der Waals surface area contributed by atoms with E-state index >= 15 is 0 Å². The second-order valence-corrected chi connectivity index (χ2v) is 9.12. The Kier molecular flexibility index (Phi) is 10.5. The zero-order valence-corrected chi connectivity index (χ0v) is 18.7. The second kappa shape index (κ2) is 10.7. The standard InChI is InChI=1S/C22H46FN2/c1-11-18(5)20(7)22(8,9)21(16-24-17(3)4)14-13-15-25(10,23)19(6)12-2/h12,17-18,20-21,24H,11,13-16H2,1-10H3/q+1. The van der Waals surface area contributed by atoms with Crippen molar-refractivity contribution in [1.29, 1.82) is 0 Å². The minimum Gasteiger partial charge on any atom is -0.314 e. The fourth-order valence-electron chi connectivity index (χ4n) is 3.65. The summed E-state index contributed by atoms with van der Waals surface area (Å²) in [5, 5.41) is 3.63. The van der Waals surface area contributed by atoms with Crippen LogP contribution in [0.3, 0.4) is 0 Å². The molecule has 0 heterocycles. The molecule has 0 aliphatic rings. The van der Waals surface area contributed by atoms with Gasteiger partial charge >= 0.3 is 0 Å². The predicted molar refractivity (Wildman–Crippen MR) is 110 cm³/mol. The molecular weight excluding hydrogens is 311 g/mol. The SMILES string of the molecule is CC=C(C)[N+](C)(F)CCCC(CNC(C)C)C(C)(C)C(C)C(C)CC. The maximum absolute atomic E-state index is 14.7. The van der Waals surface area contributed by atoms with Crippen molar-refractivity contribution in [2.24, 2.45) is 23.2 Å². The first-order valence-electron chi connectivity index (χ1n) is 10.3. The zero-order valence-electron chi connectivity index (χ0n) is 18.7. The lowest BCUT2D eigenvalue weighted by Gasteiger charge is -2.43. The maximum Gasteiger partial charge on any atom is 0.139 e. The number of halogens is 1. The molecule has 4 unspecified atom stereocenters. The van der Waals surface area contributed by atoms with Crippen LogP contribution >= 0.6 is 0 Å². The van der Waals surface area contributed by atoms with Gasteiger partial charge in [0.25, 0.3) is 0 Å². The van der Waals surface area contributed by atoms with Gasteiger partial charge in [0.1, 0.15) is 19.3 Å². The Hall–Kier alpha value is -0.410. The van der Waals surface area contributed by atoms with Crippen molar-refractivity contribution in [2.45, 2.75) is 87.6 Å². The number of allylic oxidation sites excluding steroid dienone is 2. The van der Waals surface area contributed by atoms with Crippen LogP contribution < -0.4 is 5.32 Å². The summed E-state index contributed by atoms with van der Waals surface area (Å²) >= 11 is 0. The number of hydrogen-bond donors (Lipinski definition) is 1. The lowest BCUT2D eigenvalue weighted by atomic mass is 9.64. The summed E-state index contributed by atoms with van der Waals surface area (Å²) in [7, 11) is 1.67. The van der Waals surface area contributed by atoms with E-state index < -0.39 is 4.71 Å². The van der Waals surface area contributed by atoms with Gasteiger partial charge in [-0.2, -0.15) is 0 Å². The fraction of sp³-hybridized carbons (Fsp3) is 0.909. The summed E-state index contributed by atoms with van der Waals surface area (Å²) in [5.74, 6) is 1.92. The molecule has 0 rings (SSSR count). The molecule has 0 fully saturated rings. The summed E-state index contributed by atoms with van der Waals surface area (Å²) < 4.78 is 14.3.